The van der Waals surface area contributed by atoms with Gasteiger partial charge in [0, 0.05) is 30.5 Å². The zero-order valence-electron chi connectivity index (χ0n) is 14.1. The van der Waals surface area contributed by atoms with Gasteiger partial charge in [-0.3, -0.25) is 15.5 Å². The van der Waals surface area contributed by atoms with Gasteiger partial charge in [-0.1, -0.05) is 12.1 Å². The van der Waals surface area contributed by atoms with E-state index in [0.717, 1.165) is 24.3 Å². The first-order valence-corrected chi connectivity index (χ1v) is 7.81. The second kappa shape index (κ2) is 8.05. The highest BCUT2D eigenvalue weighted by molar-refractivity contribution is 5.81. The van der Waals surface area contributed by atoms with Crippen molar-refractivity contribution in [2.45, 2.75) is 20.8 Å². The topological polar surface area (TPSA) is 83.7 Å². The Hall–Kier alpha value is -2.96. The first-order chi connectivity index (χ1) is 11.5. The summed E-state index contributed by atoms with van der Waals surface area (Å²) < 4.78 is 0. The molecule has 2 aromatic rings. The summed E-state index contributed by atoms with van der Waals surface area (Å²) in [5, 5.41) is 15.0. The van der Waals surface area contributed by atoms with E-state index in [1.807, 2.05) is 24.3 Å². The van der Waals surface area contributed by atoms with Crippen molar-refractivity contribution in [2.75, 3.05) is 23.4 Å². The number of nitrogens with one attached hydrogen (secondary N) is 1. The molecule has 0 amide bonds. The van der Waals surface area contributed by atoms with E-state index in [-0.39, 0.29) is 11.5 Å². The van der Waals surface area contributed by atoms with Crippen LogP contribution < -0.4 is 10.3 Å². The van der Waals surface area contributed by atoms with Crippen LogP contribution in [0.2, 0.25) is 0 Å². The van der Waals surface area contributed by atoms with Crippen LogP contribution in [0, 0.1) is 17.0 Å². The van der Waals surface area contributed by atoms with Crippen LogP contribution in [-0.2, 0) is 0 Å². The highest BCUT2D eigenvalue weighted by Crippen LogP contribution is 2.21. The minimum absolute atomic E-state index is 0.102. The molecule has 24 heavy (non-hydrogen) atoms. The molecule has 0 atom stereocenters. The fourth-order valence-corrected chi connectivity index (χ4v) is 2.31. The number of rotatable bonds is 7. The van der Waals surface area contributed by atoms with Crippen molar-refractivity contribution in [3.63, 3.8) is 0 Å². The molecule has 7 nitrogen and oxygen atoms in total. The summed E-state index contributed by atoms with van der Waals surface area (Å²) in [5.74, 6) is 0.135. The van der Waals surface area contributed by atoms with E-state index in [9.17, 15) is 10.1 Å². The quantitative estimate of drug-likeness (QED) is 0.477. The van der Waals surface area contributed by atoms with E-state index < -0.39 is 4.92 Å². The first kappa shape index (κ1) is 17.4. The van der Waals surface area contributed by atoms with Gasteiger partial charge in [-0.2, -0.15) is 5.10 Å². The molecule has 1 heterocycles. The summed E-state index contributed by atoms with van der Waals surface area (Å²) >= 11 is 0. The summed E-state index contributed by atoms with van der Waals surface area (Å²) in [6, 6.07) is 11.0. The van der Waals surface area contributed by atoms with E-state index >= 15 is 0 Å². The highest BCUT2D eigenvalue weighted by atomic mass is 16.6. The third-order valence-corrected chi connectivity index (χ3v) is 3.62. The van der Waals surface area contributed by atoms with Crippen molar-refractivity contribution in [3.05, 3.63) is 57.8 Å². The van der Waals surface area contributed by atoms with E-state index in [1.54, 1.807) is 19.2 Å². The van der Waals surface area contributed by atoms with Gasteiger partial charge in [0.1, 0.15) is 0 Å². The Morgan fingerprint density at radius 1 is 1.21 bits per heavy atom. The third kappa shape index (κ3) is 4.28. The van der Waals surface area contributed by atoms with Gasteiger partial charge in [-0.05, 0) is 44.5 Å². The lowest BCUT2D eigenvalue weighted by atomic mass is 10.2. The number of anilines is 2. The SMILES string of the molecule is CCN(CC)c1ccc(/C=N\Nc2nc(C)ccc2[N+](=O)[O-])cc1. The molecular weight excluding hydrogens is 306 g/mol. The lowest BCUT2D eigenvalue weighted by Crippen LogP contribution is -2.21. The van der Waals surface area contributed by atoms with Gasteiger partial charge in [0.15, 0.2) is 0 Å². The predicted molar refractivity (Wildman–Crippen MR) is 96.8 cm³/mol. The minimum Gasteiger partial charge on any atom is -0.372 e. The van der Waals surface area contributed by atoms with Crippen LogP contribution in [-0.4, -0.2) is 29.2 Å². The average Bonchev–Trinajstić information content (AvgIpc) is 2.57. The van der Waals surface area contributed by atoms with Gasteiger partial charge in [-0.25, -0.2) is 4.98 Å². The second-order valence-electron chi connectivity index (χ2n) is 5.21. The molecule has 0 aliphatic rings. The molecule has 126 valence electrons. The number of aryl methyl sites for hydroxylation is 1. The molecule has 7 heteroatoms. The molecule has 1 N–H and O–H groups in total. The van der Waals surface area contributed by atoms with E-state index in [0.29, 0.717) is 5.69 Å². The summed E-state index contributed by atoms with van der Waals surface area (Å²) in [6.07, 6.45) is 1.61. The second-order valence-corrected chi connectivity index (χ2v) is 5.21. The Kier molecular flexibility index (Phi) is 5.83. The van der Waals surface area contributed by atoms with Crippen LogP contribution in [0.5, 0.6) is 0 Å². The molecule has 0 bridgehead atoms. The summed E-state index contributed by atoms with van der Waals surface area (Å²) in [5.41, 5.74) is 5.28. The number of hydrogen-bond donors (Lipinski definition) is 1. The van der Waals surface area contributed by atoms with Crippen LogP contribution in [0.4, 0.5) is 17.2 Å². The number of benzene rings is 1. The van der Waals surface area contributed by atoms with Crippen LogP contribution in [0.3, 0.4) is 0 Å². The molecule has 0 aliphatic heterocycles. The molecule has 0 spiro atoms. The van der Waals surface area contributed by atoms with Crippen LogP contribution in [0.25, 0.3) is 0 Å². The molecule has 1 aromatic heterocycles. The molecule has 0 saturated carbocycles. The minimum atomic E-state index is -0.483. The summed E-state index contributed by atoms with van der Waals surface area (Å²) in [7, 11) is 0. The van der Waals surface area contributed by atoms with Gasteiger partial charge in [-0.15, -0.1) is 0 Å². The van der Waals surface area contributed by atoms with Crippen molar-refractivity contribution in [3.8, 4) is 0 Å². The molecule has 0 unspecified atom stereocenters. The molecule has 0 radical (unpaired) electrons. The van der Waals surface area contributed by atoms with E-state index in [2.05, 4.69) is 34.3 Å². The third-order valence-electron chi connectivity index (χ3n) is 3.62. The van der Waals surface area contributed by atoms with Crippen molar-refractivity contribution in [1.29, 1.82) is 0 Å². The fraction of sp³-hybridized carbons (Fsp3) is 0.294. The Balaban J connectivity index is 2.10. The van der Waals surface area contributed by atoms with E-state index in [4.69, 9.17) is 0 Å². The van der Waals surface area contributed by atoms with Crippen molar-refractivity contribution in [2.24, 2.45) is 5.10 Å². The van der Waals surface area contributed by atoms with Gasteiger partial charge in [0.05, 0.1) is 11.1 Å². The van der Waals surface area contributed by atoms with Crippen molar-refractivity contribution < 1.29 is 4.92 Å². The fourth-order valence-electron chi connectivity index (χ4n) is 2.31. The van der Waals surface area contributed by atoms with Gasteiger partial charge in [0.25, 0.3) is 0 Å². The van der Waals surface area contributed by atoms with Gasteiger partial charge < -0.3 is 4.90 Å². The summed E-state index contributed by atoms with van der Waals surface area (Å²) in [4.78, 5) is 16.9. The molecule has 2 rings (SSSR count). The van der Waals surface area contributed by atoms with E-state index in [1.165, 1.54) is 6.07 Å². The smallest absolute Gasteiger partial charge is 0.313 e. The Bertz CT molecular complexity index is 724. The number of aromatic nitrogens is 1. The first-order valence-electron chi connectivity index (χ1n) is 7.81. The normalized spacial score (nSPS) is 10.8. The highest BCUT2D eigenvalue weighted by Gasteiger charge is 2.14. The lowest BCUT2D eigenvalue weighted by molar-refractivity contribution is -0.384. The Labute approximate surface area is 141 Å². The average molecular weight is 327 g/mol. The zero-order valence-corrected chi connectivity index (χ0v) is 14.1. The van der Waals surface area contributed by atoms with Gasteiger partial charge in [0.2, 0.25) is 5.82 Å². The molecule has 0 fully saturated rings. The molecule has 1 aromatic carbocycles. The standard InChI is InChI=1S/C17H21N5O2/c1-4-21(5-2)15-9-7-14(8-10-15)12-18-20-17-16(22(23)24)11-6-13(3)19-17/h6-12H,4-5H2,1-3H3,(H,19,20)/b18-12-. The molecule has 0 saturated heterocycles. The maximum absolute atomic E-state index is 11.0. The monoisotopic (exact) mass is 327 g/mol. The number of pyridine rings is 1. The molecular formula is C17H21N5O2. The summed E-state index contributed by atoms with van der Waals surface area (Å²) in [6.45, 7) is 7.90. The number of nitro groups is 1. The van der Waals surface area contributed by atoms with Crippen LogP contribution in [0.15, 0.2) is 41.5 Å². The van der Waals surface area contributed by atoms with Crippen LogP contribution in [0.1, 0.15) is 25.1 Å². The van der Waals surface area contributed by atoms with Crippen molar-refractivity contribution in [1.82, 2.24) is 4.98 Å². The largest absolute Gasteiger partial charge is 0.372 e. The predicted octanol–water partition coefficient (Wildman–Crippen LogP) is 3.59. The maximum atomic E-state index is 11.0. The van der Waals surface area contributed by atoms with Crippen molar-refractivity contribution >= 4 is 23.4 Å². The Morgan fingerprint density at radius 3 is 2.46 bits per heavy atom. The lowest BCUT2D eigenvalue weighted by Gasteiger charge is -2.20. The number of hydrazone groups is 1. The maximum Gasteiger partial charge on any atom is 0.313 e. The number of hydrogen-bond acceptors (Lipinski definition) is 6. The number of nitrogens with zero attached hydrogens (tertiary/aromatic N) is 4. The van der Waals surface area contributed by atoms with Gasteiger partial charge >= 0.3 is 5.69 Å². The van der Waals surface area contributed by atoms with Crippen LogP contribution >= 0.6 is 0 Å². The molecule has 0 aliphatic carbocycles. The Morgan fingerprint density at radius 2 is 1.88 bits per heavy atom. The zero-order chi connectivity index (χ0) is 17.5.